The maximum absolute atomic E-state index is 12.3. The molecule has 2 heterocycles. The highest BCUT2D eigenvalue weighted by molar-refractivity contribution is 6.03. The van der Waals surface area contributed by atoms with Crippen molar-refractivity contribution in [1.82, 2.24) is 9.97 Å². The molecule has 0 aliphatic rings. The van der Waals surface area contributed by atoms with E-state index in [1.165, 1.54) is 19.2 Å². The minimum atomic E-state index is -0.360. The van der Waals surface area contributed by atoms with Crippen molar-refractivity contribution in [3.63, 3.8) is 0 Å². The molecule has 8 heteroatoms. The summed E-state index contributed by atoms with van der Waals surface area (Å²) in [7, 11) is 0. The Morgan fingerprint density at radius 3 is 2.42 bits per heavy atom. The lowest BCUT2D eigenvalue weighted by molar-refractivity contribution is -0.114. The first-order valence-corrected chi connectivity index (χ1v) is 7.88. The Kier molecular flexibility index (Phi) is 5.23. The standard InChI is InChI=1S/C18H17N5O3/c1-12(24)21-13-4-6-14(7-5-13)22-17(25)16-8-9-19-18(23-16)20-11-15-3-2-10-26-15/h2-10H,11H2,1H3,(H,21,24)(H,22,25)(H,19,20,23). The van der Waals surface area contributed by atoms with Gasteiger partial charge >= 0.3 is 0 Å². The Balaban J connectivity index is 1.62. The number of aromatic nitrogens is 2. The molecule has 2 aromatic heterocycles. The molecule has 2 amide bonds. The van der Waals surface area contributed by atoms with Crippen LogP contribution in [-0.2, 0) is 11.3 Å². The number of furan rings is 1. The summed E-state index contributed by atoms with van der Waals surface area (Å²) in [5.41, 5.74) is 1.47. The molecular formula is C18H17N5O3. The smallest absolute Gasteiger partial charge is 0.274 e. The van der Waals surface area contributed by atoms with Gasteiger partial charge in [-0.3, -0.25) is 9.59 Å². The molecule has 0 atom stereocenters. The maximum atomic E-state index is 12.3. The zero-order valence-corrected chi connectivity index (χ0v) is 14.0. The van der Waals surface area contributed by atoms with Crippen LogP contribution >= 0.6 is 0 Å². The van der Waals surface area contributed by atoms with E-state index in [0.717, 1.165) is 5.76 Å². The quantitative estimate of drug-likeness (QED) is 0.630. The lowest BCUT2D eigenvalue weighted by Gasteiger charge is -2.08. The third-order valence-corrected chi connectivity index (χ3v) is 3.35. The molecule has 0 aliphatic carbocycles. The average Bonchev–Trinajstić information content (AvgIpc) is 3.15. The van der Waals surface area contributed by atoms with Crippen LogP contribution in [-0.4, -0.2) is 21.8 Å². The van der Waals surface area contributed by atoms with Crippen molar-refractivity contribution in [3.05, 3.63) is 66.4 Å². The fourth-order valence-corrected chi connectivity index (χ4v) is 2.18. The molecule has 3 aromatic rings. The summed E-state index contributed by atoms with van der Waals surface area (Å²) < 4.78 is 5.22. The van der Waals surface area contributed by atoms with Crippen LogP contribution in [0.4, 0.5) is 17.3 Å². The van der Waals surface area contributed by atoms with Crippen molar-refractivity contribution >= 4 is 29.1 Å². The molecule has 26 heavy (non-hydrogen) atoms. The minimum Gasteiger partial charge on any atom is -0.467 e. The van der Waals surface area contributed by atoms with Crippen molar-refractivity contribution in [2.75, 3.05) is 16.0 Å². The first-order chi connectivity index (χ1) is 12.6. The Bertz CT molecular complexity index is 891. The summed E-state index contributed by atoms with van der Waals surface area (Å²) in [6.07, 6.45) is 3.09. The van der Waals surface area contributed by atoms with E-state index in [4.69, 9.17) is 4.42 Å². The van der Waals surface area contributed by atoms with Crippen molar-refractivity contribution in [1.29, 1.82) is 0 Å². The van der Waals surface area contributed by atoms with Gasteiger partial charge in [0.1, 0.15) is 11.5 Å². The summed E-state index contributed by atoms with van der Waals surface area (Å²) >= 11 is 0. The van der Waals surface area contributed by atoms with Crippen LogP contribution < -0.4 is 16.0 Å². The summed E-state index contributed by atoms with van der Waals surface area (Å²) in [6.45, 7) is 1.85. The lowest BCUT2D eigenvalue weighted by atomic mass is 10.2. The molecule has 132 valence electrons. The molecule has 0 spiro atoms. The molecular weight excluding hydrogens is 334 g/mol. The molecule has 0 saturated heterocycles. The van der Waals surface area contributed by atoms with Crippen LogP contribution in [0.1, 0.15) is 23.2 Å². The molecule has 0 aliphatic heterocycles. The van der Waals surface area contributed by atoms with E-state index in [2.05, 4.69) is 25.9 Å². The van der Waals surface area contributed by atoms with E-state index < -0.39 is 0 Å². The number of anilines is 3. The van der Waals surface area contributed by atoms with Gasteiger partial charge in [-0.05, 0) is 42.5 Å². The number of hydrogen-bond acceptors (Lipinski definition) is 6. The Morgan fingerprint density at radius 2 is 1.77 bits per heavy atom. The Labute approximate surface area is 149 Å². The number of amides is 2. The molecule has 0 radical (unpaired) electrons. The highest BCUT2D eigenvalue weighted by atomic mass is 16.3. The number of nitrogens with zero attached hydrogens (tertiary/aromatic N) is 2. The number of carbonyl (C=O) groups excluding carboxylic acids is 2. The van der Waals surface area contributed by atoms with E-state index in [9.17, 15) is 9.59 Å². The van der Waals surface area contributed by atoms with Crippen LogP contribution in [0.3, 0.4) is 0 Å². The minimum absolute atomic E-state index is 0.155. The van der Waals surface area contributed by atoms with E-state index in [-0.39, 0.29) is 17.5 Å². The van der Waals surface area contributed by atoms with Crippen LogP contribution in [0.15, 0.2) is 59.3 Å². The summed E-state index contributed by atoms with van der Waals surface area (Å²) in [5, 5.41) is 8.40. The van der Waals surface area contributed by atoms with Gasteiger partial charge in [0.2, 0.25) is 11.9 Å². The van der Waals surface area contributed by atoms with Crippen molar-refractivity contribution in [2.24, 2.45) is 0 Å². The second-order valence-corrected chi connectivity index (χ2v) is 5.41. The highest BCUT2D eigenvalue weighted by Gasteiger charge is 2.10. The fourth-order valence-electron chi connectivity index (χ4n) is 2.18. The maximum Gasteiger partial charge on any atom is 0.274 e. The van der Waals surface area contributed by atoms with Crippen molar-refractivity contribution < 1.29 is 14.0 Å². The monoisotopic (exact) mass is 351 g/mol. The number of rotatable bonds is 6. The SMILES string of the molecule is CC(=O)Nc1ccc(NC(=O)c2ccnc(NCc3ccco3)n2)cc1. The van der Waals surface area contributed by atoms with E-state index in [1.54, 1.807) is 36.6 Å². The Morgan fingerprint density at radius 1 is 1.04 bits per heavy atom. The number of hydrogen-bond donors (Lipinski definition) is 3. The van der Waals surface area contributed by atoms with Gasteiger partial charge in [-0.2, -0.15) is 0 Å². The predicted molar refractivity (Wildman–Crippen MR) is 96.8 cm³/mol. The van der Waals surface area contributed by atoms with Crippen molar-refractivity contribution in [2.45, 2.75) is 13.5 Å². The van der Waals surface area contributed by atoms with Gasteiger partial charge < -0.3 is 20.4 Å². The molecule has 3 N–H and O–H groups in total. The molecule has 0 unspecified atom stereocenters. The average molecular weight is 351 g/mol. The second-order valence-electron chi connectivity index (χ2n) is 5.41. The molecule has 8 nitrogen and oxygen atoms in total. The summed E-state index contributed by atoms with van der Waals surface area (Å²) in [4.78, 5) is 31.6. The summed E-state index contributed by atoms with van der Waals surface area (Å²) in [5.74, 6) is 0.552. The van der Waals surface area contributed by atoms with Gasteiger partial charge in [0.15, 0.2) is 0 Å². The van der Waals surface area contributed by atoms with E-state index in [1.807, 2.05) is 6.07 Å². The van der Waals surface area contributed by atoms with Crippen LogP contribution in [0.25, 0.3) is 0 Å². The number of carbonyl (C=O) groups is 2. The Hall–Kier alpha value is -3.68. The third kappa shape index (κ3) is 4.67. The zero-order chi connectivity index (χ0) is 18.4. The highest BCUT2D eigenvalue weighted by Crippen LogP contribution is 2.14. The van der Waals surface area contributed by atoms with Gasteiger partial charge in [-0.15, -0.1) is 0 Å². The zero-order valence-electron chi connectivity index (χ0n) is 14.0. The van der Waals surface area contributed by atoms with Gasteiger partial charge in [0.25, 0.3) is 5.91 Å². The predicted octanol–water partition coefficient (Wildman–Crippen LogP) is 2.89. The topological polar surface area (TPSA) is 109 Å². The van der Waals surface area contributed by atoms with Gasteiger partial charge in [0.05, 0.1) is 12.8 Å². The number of nitrogens with one attached hydrogen (secondary N) is 3. The fraction of sp³-hybridized carbons (Fsp3) is 0.111. The second kappa shape index (κ2) is 7.93. The van der Waals surface area contributed by atoms with Gasteiger partial charge in [-0.1, -0.05) is 0 Å². The molecule has 1 aromatic carbocycles. The van der Waals surface area contributed by atoms with Crippen LogP contribution in [0, 0.1) is 0 Å². The molecule has 0 fully saturated rings. The van der Waals surface area contributed by atoms with E-state index >= 15 is 0 Å². The summed E-state index contributed by atoms with van der Waals surface area (Å²) in [6, 6.07) is 11.9. The van der Waals surface area contributed by atoms with Crippen molar-refractivity contribution in [3.8, 4) is 0 Å². The first kappa shape index (κ1) is 17.2. The van der Waals surface area contributed by atoms with E-state index in [0.29, 0.717) is 23.9 Å². The number of benzene rings is 1. The normalized spacial score (nSPS) is 10.2. The largest absolute Gasteiger partial charge is 0.467 e. The lowest BCUT2D eigenvalue weighted by Crippen LogP contribution is -2.15. The molecule has 3 rings (SSSR count). The third-order valence-electron chi connectivity index (χ3n) is 3.35. The van der Waals surface area contributed by atoms with Crippen LogP contribution in [0.5, 0.6) is 0 Å². The van der Waals surface area contributed by atoms with Gasteiger partial charge in [-0.25, -0.2) is 9.97 Å². The van der Waals surface area contributed by atoms with Crippen LogP contribution in [0.2, 0.25) is 0 Å². The molecule has 0 bridgehead atoms. The first-order valence-electron chi connectivity index (χ1n) is 7.88. The van der Waals surface area contributed by atoms with Gasteiger partial charge in [0, 0.05) is 24.5 Å². The molecule has 0 saturated carbocycles.